The fourth-order valence-corrected chi connectivity index (χ4v) is 3.28. The number of β-amino-alcohol motifs (C(OH)–C–C–N with tert-alkyl or cyclic N) is 1. The van der Waals surface area contributed by atoms with Gasteiger partial charge in [0.15, 0.2) is 0 Å². The topological polar surface area (TPSA) is 35.9 Å². The molecule has 3 rings (SSSR count). The summed E-state index contributed by atoms with van der Waals surface area (Å²) in [6.45, 7) is 5.89. The first-order valence-corrected chi connectivity index (χ1v) is 8.93. The summed E-state index contributed by atoms with van der Waals surface area (Å²) in [7, 11) is 0. The van der Waals surface area contributed by atoms with Crippen molar-refractivity contribution >= 4 is 10.8 Å². The maximum atomic E-state index is 10.3. The highest BCUT2D eigenvalue weighted by Crippen LogP contribution is 2.25. The summed E-state index contributed by atoms with van der Waals surface area (Å²) >= 11 is 0. The lowest BCUT2D eigenvalue weighted by molar-refractivity contribution is 0.0469. The Kier molecular flexibility index (Phi) is 6.30. The Morgan fingerprint density at radius 2 is 1.76 bits per heavy atom. The van der Waals surface area contributed by atoms with Crippen LogP contribution in [-0.2, 0) is 0 Å². The lowest BCUT2D eigenvalue weighted by Gasteiger charge is -2.35. The minimum absolute atomic E-state index is 0.311. The van der Waals surface area contributed by atoms with Gasteiger partial charge in [0.05, 0.1) is 0 Å². The molecule has 0 spiro atoms. The van der Waals surface area contributed by atoms with E-state index in [2.05, 4.69) is 27.9 Å². The van der Waals surface area contributed by atoms with Crippen LogP contribution < -0.4 is 4.74 Å². The number of nitrogens with zero attached hydrogens (tertiary/aromatic N) is 2. The Morgan fingerprint density at radius 1 is 1.04 bits per heavy atom. The molecule has 4 nitrogen and oxygen atoms in total. The van der Waals surface area contributed by atoms with Crippen LogP contribution in [0.4, 0.5) is 0 Å². The average Bonchev–Trinajstić information content (AvgIpc) is 2.66. The zero-order valence-electron chi connectivity index (χ0n) is 14.6. The number of terminal acetylenes is 1. The second-order valence-electron chi connectivity index (χ2n) is 6.54. The van der Waals surface area contributed by atoms with Crippen LogP contribution in [0.1, 0.15) is 6.42 Å². The largest absolute Gasteiger partial charge is 0.490 e. The molecule has 0 aromatic heterocycles. The monoisotopic (exact) mass is 338 g/mol. The molecule has 1 aliphatic rings. The molecule has 1 unspecified atom stereocenters. The standard InChI is InChI=1S/C21H26N2O2/c1-2-3-11-22-12-14-23(15-13-22)16-19(24)17-25-21-10-6-8-18-7-4-5-9-20(18)21/h1,4-10,19,24H,3,11-17H2. The molecule has 1 N–H and O–H groups in total. The molecule has 1 aliphatic heterocycles. The van der Waals surface area contributed by atoms with Crippen molar-refractivity contribution in [3.8, 4) is 18.1 Å². The summed E-state index contributed by atoms with van der Waals surface area (Å²) < 4.78 is 5.89. The van der Waals surface area contributed by atoms with Crippen molar-refractivity contribution in [1.29, 1.82) is 0 Å². The highest BCUT2D eigenvalue weighted by molar-refractivity contribution is 5.88. The molecule has 0 radical (unpaired) electrons. The molecule has 1 saturated heterocycles. The quantitative estimate of drug-likeness (QED) is 0.786. The SMILES string of the molecule is C#CCCN1CCN(CC(O)COc2cccc3ccccc23)CC1. The fraction of sp³-hybridized carbons (Fsp3) is 0.429. The number of aliphatic hydroxyl groups is 1. The van der Waals surface area contributed by atoms with Gasteiger partial charge in [-0.15, -0.1) is 12.3 Å². The molecule has 0 saturated carbocycles. The number of rotatable bonds is 7. The van der Waals surface area contributed by atoms with Crippen LogP contribution in [0, 0.1) is 12.3 Å². The molecule has 1 fully saturated rings. The molecule has 4 heteroatoms. The van der Waals surface area contributed by atoms with Gasteiger partial charge in [-0.2, -0.15) is 0 Å². The number of hydrogen-bond acceptors (Lipinski definition) is 4. The van der Waals surface area contributed by atoms with Gasteiger partial charge in [-0.1, -0.05) is 36.4 Å². The number of benzene rings is 2. The first-order valence-electron chi connectivity index (χ1n) is 8.93. The van der Waals surface area contributed by atoms with Crippen molar-refractivity contribution in [2.75, 3.05) is 45.9 Å². The average molecular weight is 338 g/mol. The van der Waals surface area contributed by atoms with Gasteiger partial charge in [-0.3, -0.25) is 9.80 Å². The third-order valence-corrected chi connectivity index (χ3v) is 4.69. The third-order valence-electron chi connectivity index (χ3n) is 4.69. The van der Waals surface area contributed by atoms with Gasteiger partial charge < -0.3 is 9.84 Å². The smallest absolute Gasteiger partial charge is 0.127 e. The van der Waals surface area contributed by atoms with Gasteiger partial charge in [-0.25, -0.2) is 0 Å². The molecule has 0 bridgehead atoms. The van der Waals surface area contributed by atoms with E-state index in [1.165, 1.54) is 0 Å². The van der Waals surface area contributed by atoms with Gasteiger partial charge in [-0.05, 0) is 11.5 Å². The van der Waals surface area contributed by atoms with Gasteiger partial charge in [0, 0.05) is 51.1 Å². The zero-order chi connectivity index (χ0) is 17.5. The second-order valence-corrected chi connectivity index (χ2v) is 6.54. The van der Waals surface area contributed by atoms with E-state index in [4.69, 9.17) is 11.2 Å². The highest BCUT2D eigenvalue weighted by Gasteiger charge is 2.19. The minimum atomic E-state index is -0.490. The third kappa shape index (κ3) is 4.96. The van der Waals surface area contributed by atoms with Crippen molar-refractivity contribution in [3.05, 3.63) is 42.5 Å². The first kappa shape index (κ1) is 17.8. The van der Waals surface area contributed by atoms with E-state index < -0.39 is 6.10 Å². The summed E-state index contributed by atoms with van der Waals surface area (Å²) in [6, 6.07) is 14.2. The van der Waals surface area contributed by atoms with E-state index in [1.54, 1.807) is 0 Å². The maximum Gasteiger partial charge on any atom is 0.127 e. The van der Waals surface area contributed by atoms with Crippen LogP contribution in [0.3, 0.4) is 0 Å². The van der Waals surface area contributed by atoms with Gasteiger partial charge in [0.1, 0.15) is 18.5 Å². The summed E-state index contributed by atoms with van der Waals surface area (Å²) in [4.78, 5) is 4.68. The van der Waals surface area contributed by atoms with Gasteiger partial charge in [0.2, 0.25) is 0 Å². The van der Waals surface area contributed by atoms with Crippen LogP contribution in [0.15, 0.2) is 42.5 Å². The molecule has 1 heterocycles. The second kappa shape index (κ2) is 8.87. The lowest BCUT2D eigenvalue weighted by Crippen LogP contribution is -2.49. The minimum Gasteiger partial charge on any atom is -0.490 e. The Labute approximate surface area is 150 Å². The van der Waals surface area contributed by atoms with Crippen molar-refractivity contribution in [3.63, 3.8) is 0 Å². The van der Waals surface area contributed by atoms with Crippen LogP contribution in [0.2, 0.25) is 0 Å². The number of aliphatic hydroxyl groups excluding tert-OH is 1. The number of piperazine rings is 1. The Hall–Kier alpha value is -2.06. The fourth-order valence-electron chi connectivity index (χ4n) is 3.28. The van der Waals surface area contributed by atoms with E-state index >= 15 is 0 Å². The molecule has 0 aliphatic carbocycles. The maximum absolute atomic E-state index is 10.3. The van der Waals surface area contributed by atoms with E-state index in [9.17, 15) is 5.11 Å². The normalized spacial score (nSPS) is 17.3. The van der Waals surface area contributed by atoms with Crippen molar-refractivity contribution in [2.45, 2.75) is 12.5 Å². The molecule has 1 atom stereocenters. The van der Waals surface area contributed by atoms with Crippen LogP contribution in [0.5, 0.6) is 5.75 Å². The molecule has 0 amide bonds. The zero-order valence-corrected chi connectivity index (χ0v) is 14.6. The van der Waals surface area contributed by atoms with Gasteiger partial charge in [0.25, 0.3) is 0 Å². The summed E-state index contributed by atoms with van der Waals surface area (Å²) in [5.74, 6) is 3.52. The predicted molar refractivity (Wildman–Crippen MR) is 102 cm³/mol. The van der Waals surface area contributed by atoms with Crippen molar-refractivity contribution in [1.82, 2.24) is 9.80 Å². The number of fused-ring (bicyclic) bond motifs is 1. The van der Waals surface area contributed by atoms with E-state index in [1.807, 2.05) is 30.3 Å². The van der Waals surface area contributed by atoms with Crippen LogP contribution in [0.25, 0.3) is 10.8 Å². The lowest BCUT2D eigenvalue weighted by atomic mass is 10.1. The molecule has 2 aromatic rings. The Morgan fingerprint density at radius 3 is 2.56 bits per heavy atom. The van der Waals surface area contributed by atoms with E-state index in [-0.39, 0.29) is 0 Å². The number of ether oxygens (including phenoxy) is 1. The summed E-state index contributed by atoms with van der Waals surface area (Å²) in [6.07, 6.45) is 5.64. The summed E-state index contributed by atoms with van der Waals surface area (Å²) in [5.41, 5.74) is 0. The summed E-state index contributed by atoms with van der Waals surface area (Å²) in [5, 5.41) is 12.6. The van der Waals surface area contributed by atoms with Crippen molar-refractivity contribution < 1.29 is 9.84 Å². The van der Waals surface area contributed by atoms with Crippen LogP contribution in [-0.4, -0.2) is 66.9 Å². The van der Waals surface area contributed by atoms with Crippen LogP contribution >= 0.6 is 0 Å². The van der Waals surface area contributed by atoms with E-state index in [0.29, 0.717) is 13.2 Å². The molecular formula is C21H26N2O2. The molecule has 25 heavy (non-hydrogen) atoms. The van der Waals surface area contributed by atoms with Gasteiger partial charge >= 0.3 is 0 Å². The Balaban J connectivity index is 1.46. The predicted octanol–water partition coefficient (Wildman–Crippen LogP) is 2.22. The van der Waals surface area contributed by atoms with Crippen molar-refractivity contribution in [2.24, 2.45) is 0 Å². The highest BCUT2D eigenvalue weighted by atomic mass is 16.5. The molecular weight excluding hydrogens is 312 g/mol. The molecule has 2 aromatic carbocycles. The molecule has 132 valence electrons. The first-order chi connectivity index (χ1) is 12.3. The Bertz CT molecular complexity index is 712. The van der Waals surface area contributed by atoms with E-state index in [0.717, 1.165) is 55.7 Å². The number of hydrogen-bond donors (Lipinski definition) is 1.